The van der Waals surface area contributed by atoms with Crippen LogP contribution in [0, 0.1) is 0 Å². The fraction of sp³-hybridized carbons (Fsp3) is 0.643. The minimum Gasteiger partial charge on any atom is -0.493 e. The smallest absolute Gasteiger partial charge is 0.122 e. The van der Waals surface area contributed by atoms with E-state index in [1.54, 1.807) is 0 Å². The molecule has 1 aromatic heterocycles. The van der Waals surface area contributed by atoms with Crippen molar-refractivity contribution in [3.8, 4) is 5.75 Å². The highest BCUT2D eigenvalue weighted by molar-refractivity contribution is 5.22. The number of nitrogens with one attached hydrogen (secondary N) is 1. The van der Waals surface area contributed by atoms with Crippen LogP contribution >= 0.6 is 0 Å². The summed E-state index contributed by atoms with van der Waals surface area (Å²) in [4.78, 5) is 6.48. The summed E-state index contributed by atoms with van der Waals surface area (Å²) in [5.41, 5.74) is 1.04. The molecule has 0 aromatic carbocycles. The van der Waals surface area contributed by atoms with Crippen molar-refractivity contribution in [1.82, 2.24) is 15.2 Å². The lowest BCUT2D eigenvalue weighted by Crippen LogP contribution is -2.16. The molecule has 102 valence electrons. The van der Waals surface area contributed by atoms with Crippen LogP contribution in [0.2, 0.25) is 0 Å². The summed E-state index contributed by atoms with van der Waals surface area (Å²) >= 11 is 0. The zero-order valence-electron chi connectivity index (χ0n) is 11.8. The van der Waals surface area contributed by atoms with Gasteiger partial charge in [-0.25, -0.2) is 0 Å². The first kappa shape index (κ1) is 14.9. The molecule has 0 fully saturated rings. The van der Waals surface area contributed by atoms with Gasteiger partial charge in [-0.05, 0) is 39.5 Å². The van der Waals surface area contributed by atoms with E-state index >= 15 is 0 Å². The standard InChI is InChI=1S/C14H25N3O/c1-4-7-15-12-13-11-14(6-8-16-13)18-10-5-9-17(2)3/h6,8,11,15H,4-5,7,9-10,12H2,1-3H3. The number of pyridine rings is 1. The molecular formula is C14H25N3O. The highest BCUT2D eigenvalue weighted by Crippen LogP contribution is 2.11. The Morgan fingerprint density at radius 1 is 1.39 bits per heavy atom. The fourth-order valence-corrected chi connectivity index (χ4v) is 1.61. The van der Waals surface area contributed by atoms with Crippen LogP contribution in [0.1, 0.15) is 25.5 Å². The predicted octanol–water partition coefficient (Wildman–Crippen LogP) is 1.91. The molecule has 4 nitrogen and oxygen atoms in total. The van der Waals surface area contributed by atoms with Gasteiger partial charge in [-0.3, -0.25) is 4.98 Å². The van der Waals surface area contributed by atoms with E-state index in [2.05, 4.69) is 36.2 Å². The number of hydrogen-bond acceptors (Lipinski definition) is 4. The molecule has 0 unspecified atom stereocenters. The van der Waals surface area contributed by atoms with Crippen molar-refractivity contribution in [3.05, 3.63) is 24.0 Å². The molecule has 0 amide bonds. The monoisotopic (exact) mass is 251 g/mol. The third-order valence-corrected chi connectivity index (χ3v) is 2.54. The summed E-state index contributed by atoms with van der Waals surface area (Å²) in [7, 11) is 4.15. The Morgan fingerprint density at radius 3 is 2.94 bits per heavy atom. The van der Waals surface area contributed by atoms with E-state index in [-0.39, 0.29) is 0 Å². The number of rotatable bonds is 9. The first-order chi connectivity index (χ1) is 8.72. The molecule has 0 bridgehead atoms. The molecule has 0 saturated heterocycles. The van der Waals surface area contributed by atoms with Crippen molar-refractivity contribution in [3.63, 3.8) is 0 Å². The van der Waals surface area contributed by atoms with Crippen molar-refractivity contribution in [1.29, 1.82) is 0 Å². The van der Waals surface area contributed by atoms with Gasteiger partial charge in [-0.1, -0.05) is 6.92 Å². The fourth-order valence-electron chi connectivity index (χ4n) is 1.61. The van der Waals surface area contributed by atoms with Gasteiger partial charge < -0.3 is 15.0 Å². The number of nitrogens with zero attached hydrogens (tertiary/aromatic N) is 2. The van der Waals surface area contributed by atoms with Gasteiger partial charge in [0, 0.05) is 25.4 Å². The average Bonchev–Trinajstić information content (AvgIpc) is 2.35. The minimum absolute atomic E-state index is 0.754. The minimum atomic E-state index is 0.754. The first-order valence-electron chi connectivity index (χ1n) is 6.65. The molecule has 18 heavy (non-hydrogen) atoms. The molecule has 0 aliphatic rings. The second-order valence-corrected chi connectivity index (χ2v) is 4.66. The third kappa shape index (κ3) is 6.57. The van der Waals surface area contributed by atoms with Crippen LogP contribution in [0.25, 0.3) is 0 Å². The Kier molecular flexibility index (Phi) is 7.37. The highest BCUT2D eigenvalue weighted by Gasteiger charge is 1.98. The predicted molar refractivity (Wildman–Crippen MR) is 74.9 cm³/mol. The van der Waals surface area contributed by atoms with E-state index < -0.39 is 0 Å². The summed E-state index contributed by atoms with van der Waals surface area (Å²) < 4.78 is 5.71. The van der Waals surface area contributed by atoms with Gasteiger partial charge in [0.25, 0.3) is 0 Å². The molecule has 1 aromatic rings. The summed E-state index contributed by atoms with van der Waals surface area (Å²) in [5.74, 6) is 0.914. The molecule has 0 radical (unpaired) electrons. The quantitative estimate of drug-likeness (QED) is 0.680. The van der Waals surface area contributed by atoms with Gasteiger partial charge in [0.05, 0.1) is 12.3 Å². The van der Waals surface area contributed by atoms with Gasteiger partial charge in [0.15, 0.2) is 0 Å². The topological polar surface area (TPSA) is 37.4 Å². The van der Waals surface area contributed by atoms with Gasteiger partial charge in [-0.15, -0.1) is 0 Å². The molecule has 1 N–H and O–H groups in total. The number of aromatic nitrogens is 1. The Morgan fingerprint density at radius 2 is 2.22 bits per heavy atom. The Bertz CT molecular complexity index is 329. The molecular weight excluding hydrogens is 226 g/mol. The van der Waals surface area contributed by atoms with E-state index in [1.807, 2.05) is 18.3 Å². The Labute approximate surface area is 110 Å². The molecule has 1 rings (SSSR count). The molecule has 1 heterocycles. The van der Waals surface area contributed by atoms with E-state index in [9.17, 15) is 0 Å². The van der Waals surface area contributed by atoms with Gasteiger partial charge in [0.2, 0.25) is 0 Å². The molecule has 0 spiro atoms. The van der Waals surface area contributed by atoms with Crippen LogP contribution in [0.15, 0.2) is 18.3 Å². The van der Waals surface area contributed by atoms with Gasteiger partial charge >= 0.3 is 0 Å². The zero-order valence-corrected chi connectivity index (χ0v) is 11.8. The SMILES string of the molecule is CCCNCc1cc(OCCCN(C)C)ccn1. The zero-order chi connectivity index (χ0) is 13.2. The normalized spacial score (nSPS) is 10.9. The lowest BCUT2D eigenvalue weighted by molar-refractivity contribution is 0.281. The van der Waals surface area contributed by atoms with Crippen molar-refractivity contribution in [2.24, 2.45) is 0 Å². The van der Waals surface area contributed by atoms with E-state index in [4.69, 9.17) is 4.74 Å². The van der Waals surface area contributed by atoms with Crippen LogP contribution < -0.4 is 10.1 Å². The van der Waals surface area contributed by atoms with Gasteiger partial charge in [-0.2, -0.15) is 0 Å². The van der Waals surface area contributed by atoms with E-state index in [0.29, 0.717) is 0 Å². The Hall–Kier alpha value is -1.13. The van der Waals surface area contributed by atoms with Crippen LogP contribution in [-0.2, 0) is 6.54 Å². The van der Waals surface area contributed by atoms with Crippen LogP contribution in [0.5, 0.6) is 5.75 Å². The molecule has 0 aliphatic carbocycles. The summed E-state index contributed by atoms with van der Waals surface area (Å²) in [6.07, 6.45) is 3.99. The summed E-state index contributed by atoms with van der Waals surface area (Å²) in [5, 5.41) is 3.34. The third-order valence-electron chi connectivity index (χ3n) is 2.54. The molecule has 4 heteroatoms. The molecule has 0 atom stereocenters. The van der Waals surface area contributed by atoms with E-state index in [1.165, 1.54) is 0 Å². The lowest BCUT2D eigenvalue weighted by Gasteiger charge is -2.11. The van der Waals surface area contributed by atoms with Crippen LogP contribution in [-0.4, -0.2) is 43.7 Å². The summed E-state index contributed by atoms with van der Waals surface area (Å²) in [6.45, 7) is 5.79. The van der Waals surface area contributed by atoms with E-state index in [0.717, 1.165) is 50.5 Å². The van der Waals surface area contributed by atoms with Crippen molar-refractivity contribution < 1.29 is 4.74 Å². The molecule has 0 saturated carbocycles. The van der Waals surface area contributed by atoms with Crippen molar-refractivity contribution in [2.75, 3.05) is 33.8 Å². The van der Waals surface area contributed by atoms with Crippen LogP contribution in [0.4, 0.5) is 0 Å². The maximum atomic E-state index is 5.71. The first-order valence-corrected chi connectivity index (χ1v) is 6.65. The van der Waals surface area contributed by atoms with Crippen molar-refractivity contribution in [2.45, 2.75) is 26.3 Å². The molecule has 0 aliphatic heterocycles. The van der Waals surface area contributed by atoms with Crippen LogP contribution in [0.3, 0.4) is 0 Å². The van der Waals surface area contributed by atoms with Crippen molar-refractivity contribution >= 4 is 0 Å². The largest absolute Gasteiger partial charge is 0.493 e. The highest BCUT2D eigenvalue weighted by atomic mass is 16.5. The second-order valence-electron chi connectivity index (χ2n) is 4.66. The lowest BCUT2D eigenvalue weighted by atomic mass is 10.3. The summed E-state index contributed by atoms with van der Waals surface area (Å²) in [6, 6.07) is 3.93. The van der Waals surface area contributed by atoms with Gasteiger partial charge in [0.1, 0.15) is 5.75 Å². The maximum absolute atomic E-state index is 5.71. The number of ether oxygens (including phenoxy) is 1. The maximum Gasteiger partial charge on any atom is 0.122 e. The number of hydrogen-bond donors (Lipinski definition) is 1. The Balaban J connectivity index is 2.30. The second kappa shape index (κ2) is 8.89. The average molecular weight is 251 g/mol.